The maximum Gasteiger partial charge on any atom is 0.321 e. The van der Waals surface area contributed by atoms with E-state index < -0.39 is 0 Å². The van der Waals surface area contributed by atoms with E-state index in [1.807, 2.05) is 29.2 Å². The molecule has 1 aromatic heterocycles. The van der Waals surface area contributed by atoms with Crippen molar-refractivity contribution in [1.82, 2.24) is 15.0 Å². The number of amides is 2. The first-order chi connectivity index (χ1) is 15.6. The Morgan fingerprint density at radius 1 is 1.19 bits per heavy atom. The number of carbonyl (C=O) groups is 1. The minimum Gasteiger partial charge on any atom is -0.497 e. The van der Waals surface area contributed by atoms with Crippen molar-refractivity contribution >= 4 is 11.7 Å². The Kier molecular flexibility index (Phi) is 7.26. The number of rotatable bonds is 7. The van der Waals surface area contributed by atoms with E-state index in [0.717, 1.165) is 62.6 Å². The molecule has 0 aliphatic carbocycles. The maximum absolute atomic E-state index is 12.8. The van der Waals surface area contributed by atoms with Gasteiger partial charge in [0.1, 0.15) is 5.75 Å². The Balaban J connectivity index is 1.41. The number of ether oxygens (including phenoxy) is 3. The molecule has 2 aliphatic rings. The molecule has 9 nitrogen and oxygen atoms in total. The van der Waals surface area contributed by atoms with Crippen LogP contribution in [0.4, 0.5) is 10.5 Å². The third-order valence-electron chi connectivity index (χ3n) is 6.62. The molecule has 1 aromatic carbocycles. The summed E-state index contributed by atoms with van der Waals surface area (Å²) in [5.41, 5.74) is 0.492. The lowest BCUT2D eigenvalue weighted by atomic mass is 9.75. The highest BCUT2D eigenvalue weighted by atomic mass is 16.5. The van der Waals surface area contributed by atoms with Gasteiger partial charge in [0.25, 0.3) is 0 Å². The molecule has 0 spiro atoms. The molecule has 0 unspecified atom stereocenters. The van der Waals surface area contributed by atoms with E-state index in [1.165, 1.54) is 0 Å². The second-order valence-electron chi connectivity index (χ2n) is 8.51. The van der Waals surface area contributed by atoms with E-state index in [2.05, 4.69) is 10.5 Å². The van der Waals surface area contributed by atoms with Gasteiger partial charge in [0, 0.05) is 57.0 Å². The van der Waals surface area contributed by atoms with Gasteiger partial charge in [-0.05, 0) is 56.4 Å². The van der Waals surface area contributed by atoms with E-state index in [9.17, 15) is 4.79 Å². The molecule has 0 radical (unpaired) electrons. The molecule has 0 saturated carbocycles. The lowest BCUT2D eigenvalue weighted by Gasteiger charge is -2.39. The Hall–Kier alpha value is -2.65. The summed E-state index contributed by atoms with van der Waals surface area (Å²) in [6.45, 7) is 3.31. The minimum atomic E-state index is -0.250. The highest BCUT2D eigenvalue weighted by molar-refractivity contribution is 5.89. The molecule has 3 heterocycles. The van der Waals surface area contributed by atoms with Gasteiger partial charge in [-0.25, -0.2) is 4.79 Å². The summed E-state index contributed by atoms with van der Waals surface area (Å²) >= 11 is 0. The van der Waals surface area contributed by atoms with Crippen LogP contribution in [0.15, 0.2) is 28.8 Å². The average molecular weight is 445 g/mol. The minimum absolute atomic E-state index is 0.105. The molecule has 2 saturated heterocycles. The van der Waals surface area contributed by atoms with Gasteiger partial charge in [-0.3, -0.25) is 0 Å². The summed E-state index contributed by atoms with van der Waals surface area (Å²) in [6.07, 6.45) is 4.14. The summed E-state index contributed by atoms with van der Waals surface area (Å²) in [4.78, 5) is 19.5. The van der Waals surface area contributed by atoms with Gasteiger partial charge < -0.3 is 29.0 Å². The summed E-state index contributed by atoms with van der Waals surface area (Å²) in [5, 5.41) is 7.35. The topological polar surface area (TPSA) is 99.0 Å². The molecule has 2 fully saturated rings. The van der Waals surface area contributed by atoms with Crippen LogP contribution in [0, 0.1) is 0 Å². The molecule has 2 aliphatic heterocycles. The Bertz CT molecular complexity index is 871. The predicted molar refractivity (Wildman–Crippen MR) is 118 cm³/mol. The van der Waals surface area contributed by atoms with Gasteiger partial charge in [-0.15, -0.1) is 0 Å². The van der Waals surface area contributed by atoms with Crippen molar-refractivity contribution in [2.24, 2.45) is 0 Å². The smallest absolute Gasteiger partial charge is 0.321 e. The van der Waals surface area contributed by atoms with Crippen LogP contribution < -0.4 is 10.1 Å². The summed E-state index contributed by atoms with van der Waals surface area (Å²) in [6, 6.07) is 7.22. The zero-order valence-corrected chi connectivity index (χ0v) is 18.8. The molecule has 0 atom stereocenters. The van der Waals surface area contributed by atoms with Crippen LogP contribution in [-0.4, -0.2) is 68.2 Å². The van der Waals surface area contributed by atoms with Crippen molar-refractivity contribution in [1.29, 1.82) is 0 Å². The van der Waals surface area contributed by atoms with Crippen LogP contribution in [0.5, 0.6) is 5.75 Å². The highest BCUT2D eigenvalue weighted by Gasteiger charge is 2.41. The maximum atomic E-state index is 12.8. The molecular weight excluding hydrogens is 412 g/mol. The number of benzene rings is 1. The van der Waals surface area contributed by atoms with Crippen molar-refractivity contribution in [2.45, 2.75) is 43.4 Å². The van der Waals surface area contributed by atoms with Gasteiger partial charge >= 0.3 is 6.03 Å². The van der Waals surface area contributed by atoms with Crippen LogP contribution in [0.3, 0.4) is 0 Å². The first kappa shape index (κ1) is 22.5. The van der Waals surface area contributed by atoms with Gasteiger partial charge in [-0.1, -0.05) is 5.16 Å². The third-order valence-corrected chi connectivity index (χ3v) is 6.62. The number of aromatic nitrogens is 2. The van der Waals surface area contributed by atoms with Crippen molar-refractivity contribution in [3.8, 4) is 5.75 Å². The van der Waals surface area contributed by atoms with E-state index in [1.54, 1.807) is 14.2 Å². The summed E-state index contributed by atoms with van der Waals surface area (Å²) in [7, 11) is 3.32. The van der Waals surface area contributed by atoms with Gasteiger partial charge in [0.15, 0.2) is 5.82 Å². The fourth-order valence-corrected chi connectivity index (χ4v) is 4.46. The van der Waals surface area contributed by atoms with E-state index in [4.69, 9.17) is 23.7 Å². The van der Waals surface area contributed by atoms with Crippen molar-refractivity contribution < 1.29 is 23.5 Å². The lowest BCUT2D eigenvalue weighted by molar-refractivity contribution is 0.0778. The van der Waals surface area contributed by atoms with Gasteiger partial charge in [0.2, 0.25) is 5.89 Å². The van der Waals surface area contributed by atoms with Crippen LogP contribution >= 0.6 is 0 Å². The lowest BCUT2D eigenvalue weighted by Crippen LogP contribution is -2.47. The number of hydrogen-bond donors (Lipinski definition) is 1. The monoisotopic (exact) mass is 444 g/mol. The fraction of sp³-hybridized carbons (Fsp3) is 0.609. The molecule has 1 N–H and O–H groups in total. The molecule has 2 amide bonds. The zero-order chi connectivity index (χ0) is 22.4. The first-order valence-electron chi connectivity index (χ1n) is 11.2. The number of nitrogens with one attached hydrogen (secondary N) is 1. The number of urea groups is 1. The normalized spacial score (nSPS) is 19.0. The number of carbonyl (C=O) groups excluding carboxylic acids is 1. The van der Waals surface area contributed by atoms with Crippen LogP contribution in [0.2, 0.25) is 0 Å². The number of nitrogens with zero attached hydrogens (tertiary/aromatic N) is 3. The molecular formula is C23H32N4O5. The Morgan fingerprint density at radius 3 is 2.56 bits per heavy atom. The van der Waals surface area contributed by atoms with Gasteiger partial charge in [0.05, 0.1) is 7.11 Å². The van der Waals surface area contributed by atoms with Crippen molar-refractivity contribution in [3.05, 3.63) is 36.0 Å². The van der Waals surface area contributed by atoms with Crippen molar-refractivity contribution in [2.75, 3.05) is 52.4 Å². The number of piperidine rings is 1. The average Bonchev–Trinajstić information content (AvgIpc) is 3.35. The third kappa shape index (κ3) is 5.05. The molecule has 9 heteroatoms. The predicted octanol–water partition coefficient (Wildman–Crippen LogP) is 3.57. The fourth-order valence-electron chi connectivity index (χ4n) is 4.46. The second kappa shape index (κ2) is 10.3. The Morgan fingerprint density at radius 2 is 1.91 bits per heavy atom. The summed E-state index contributed by atoms with van der Waals surface area (Å²) < 4.78 is 21.7. The molecule has 174 valence electrons. The quantitative estimate of drug-likeness (QED) is 0.697. The van der Waals surface area contributed by atoms with Crippen LogP contribution in [0.1, 0.15) is 49.7 Å². The Labute approximate surface area is 188 Å². The molecule has 4 rings (SSSR count). The largest absolute Gasteiger partial charge is 0.497 e. The molecule has 2 aromatic rings. The molecule has 32 heavy (non-hydrogen) atoms. The van der Waals surface area contributed by atoms with Gasteiger partial charge in [-0.2, -0.15) is 4.98 Å². The highest BCUT2D eigenvalue weighted by Crippen LogP contribution is 2.38. The van der Waals surface area contributed by atoms with E-state index in [-0.39, 0.29) is 17.4 Å². The summed E-state index contributed by atoms with van der Waals surface area (Å²) in [5.74, 6) is 2.47. The van der Waals surface area contributed by atoms with Crippen LogP contribution in [-0.2, 0) is 14.9 Å². The zero-order valence-electron chi connectivity index (χ0n) is 18.8. The van der Waals surface area contributed by atoms with Crippen molar-refractivity contribution in [3.63, 3.8) is 0 Å². The van der Waals surface area contributed by atoms with E-state index >= 15 is 0 Å². The van der Waals surface area contributed by atoms with Crippen LogP contribution in [0.25, 0.3) is 0 Å². The number of hydrogen-bond acceptors (Lipinski definition) is 7. The standard InChI is InChI=1S/C23H32N4O5/c1-29-16-11-23(21-25-20(32-26-21)17-7-14-31-15-8-17)9-12-27(13-10-23)22(28)24-18-3-5-19(30-2)6-4-18/h3-6,17H,7-16H2,1-2H3,(H,24,28). The SMILES string of the molecule is COCCC1(c2noc(C3CCOCC3)n2)CCN(C(=O)Nc2ccc(OC)cc2)CC1. The number of likely N-dealkylation sites (tertiary alicyclic amines) is 1. The number of anilines is 1. The first-order valence-corrected chi connectivity index (χ1v) is 11.2. The van der Waals surface area contributed by atoms with E-state index in [0.29, 0.717) is 25.6 Å². The number of methoxy groups -OCH3 is 2. The second-order valence-corrected chi connectivity index (χ2v) is 8.51. The molecule has 0 bridgehead atoms.